The molecule has 0 saturated heterocycles. The van der Waals surface area contributed by atoms with Gasteiger partial charge in [0.05, 0.1) is 0 Å². The van der Waals surface area contributed by atoms with Gasteiger partial charge in [0.1, 0.15) is 5.75 Å². The number of para-hydroxylation sites is 1. The minimum absolute atomic E-state index is 0.0300. The molecule has 0 saturated carbocycles. The largest absolute Gasteiger partial charge is 0.483 e. The van der Waals surface area contributed by atoms with Crippen molar-refractivity contribution in [3.8, 4) is 5.75 Å². The SMILES string of the molecule is CNC(C)CNC(=O)COc1ccccc1Cc1ccccc1. The minimum Gasteiger partial charge on any atom is -0.483 e. The molecule has 0 radical (unpaired) electrons. The molecule has 0 spiro atoms. The molecule has 2 rings (SSSR count). The highest BCUT2D eigenvalue weighted by atomic mass is 16.5. The molecule has 1 unspecified atom stereocenters. The Kier molecular flexibility index (Phi) is 6.63. The van der Waals surface area contributed by atoms with E-state index in [1.807, 2.05) is 56.4 Å². The summed E-state index contributed by atoms with van der Waals surface area (Å²) in [5.74, 6) is 0.648. The number of amides is 1. The first-order valence-electron chi connectivity index (χ1n) is 7.87. The van der Waals surface area contributed by atoms with Crippen molar-refractivity contribution >= 4 is 5.91 Å². The van der Waals surface area contributed by atoms with Crippen molar-refractivity contribution in [3.63, 3.8) is 0 Å². The maximum absolute atomic E-state index is 11.8. The smallest absolute Gasteiger partial charge is 0.257 e. The van der Waals surface area contributed by atoms with Crippen LogP contribution in [-0.4, -0.2) is 32.1 Å². The predicted molar refractivity (Wildman–Crippen MR) is 92.7 cm³/mol. The van der Waals surface area contributed by atoms with E-state index in [-0.39, 0.29) is 18.6 Å². The Bertz CT molecular complexity index is 614. The monoisotopic (exact) mass is 312 g/mol. The Balaban J connectivity index is 1.91. The fourth-order valence-electron chi connectivity index (χ4n) is 2.17. The van der Waals surface area contributed by atoms with E-state index in [1.54, 1.807) is 0 Å². The van der Waals surface area contributed by atoms with Crippen LogP contribution in [0.2, 0.25) is 0 Å². The van der Waals surface area contributed by atoms with E-state index in [0.717, 1.165) is 17.7 Å². The van der Waals surface area contributed by atoms with Crippen LogP contribution in [0, 0.1) is 0 Å². The van der Waals surface area contributed by atoms with E-state index in [1.165, 1.54) is 5.56 Å². The number of benzene rings is 2. The number of hydrogen-bond donors (Lipinski definition) is 2. The Morgan fingerprint density at radius 2 is 1.78 bits per heavy atom. The van der Waals surface area contributed by atoms with Gasteiger partial charge in [-0.2, -0.15) is 0 Å². The van der Waals surface area contributed by atoms with Crippen molar-refractivity contribution in [1.29, 1.82) is 0 Å². The average molecular weight is 312 g/mol. The molecule has 4 heteroatoms. The zero-order chi connectivity index (χ0) is 16.5. The summed E-state index contributed by atoms with van der Waals surface area (Å²) in [4.78, 5) is 11.8. The number of rotatable bonds is 8. The Morgan fingerprint density at radius 3 is 2.52 bits per heavy atom. The summed E-state index contributed by atoms with van der Waals surface area (Å²) in [6.45, 7) is 2.63. The van der Waals surface area contributed by atoms with Crippen LogP contribution in [0.1, 0.15) is 18.1 Å². The zero-order valence-electron chi connectivity index (χ0n) is 13.7. The normalized spacial score (nSPS) is 11.7. The Hall–Kier alpha value is -2.33. The molecule has 1 amide bonds. The van der Waals surface area contributed by atoms with E-state index >= 15 is 0 Å². The van der Waals surface area contributed by atoms with Gasteiger partial charge in [-0.05, 0) is 31.2 Å². The van der Waals surface area contributed by atoms with Gasteiger partial charge in [-0.3, -0.25) is 4.79 Å². The lowest BCUT2D eigenvalue weighted by molar-refractivity contribution is -0.123. The quantitative estimate of drug-likeness (QED) is 0.787. The van der Waals surface area contributed by atoms with E-state index in [9.17, 15) is 4.79 Å². The molecule has 0 aliphatic carbocycles. The van der Waals surface area contributed by atoms with Crippen molar-refractivity contribution in [2.45, 2.75) is 19.4 Å². The van der Waals surface area contributed by atoms with Crippen LogP contribution in [0.3, 0.4) is 0 Å². The first-order chi connectivity index (χ1) is 11.2. The fraction of sp³-hybridized carbons (Fsp3) is 0.316. The molecule has 0 fully saturated rings. The van der Waals surface area contributed by atoms with Gasteiger partial charge >= 0.3 is 0 Å². The molecule has 0 heterocycles. The predicted octanol–water partition coefficient (Wildman–Crippen LogP) is 2.38. The maximum atomic E-state index is 11.8. The summed E-state index contributed by atoms with van der Waals surface area (Å²) in [6.07, 6.45) is 0.787. The molecular weight excluding hydrogens is 288 g/mol. The number of ether oxygens (including phenoxy) is 1. The molecule has 0 aromatic heterocycles. The molecule has 122 valence electrons. The van der Waals surface area contributed by atoms with Crippen LogP contribution < -0.4 is 15.4 Å². The van der Waals surface area contributed by atoms with Crippen LogP contribution in [-0.2, 0) is 11.2 Å². The number of carbonyl (C=O) groups is 1. The lowest BCUT2D eigenvalue weighted by Gasteiger charge is -2.13. The third-order valence-corrected chi connectivity index (χ3v) is 3.67. The highest BCUT2D eigenvalue weighted by Crippen LogP contribution is 2.21. The van der Waals surface area contributed by atoms with Gasteiger partial charge in [0, 0.05) is 19.0 Å². The first kappa shape index (κ1) is 17.0. The van der Waals surface area contributed by atoms with E-state index in [0.29, 0.717) is 6.54 Å². The van der Waals surface area contributed by atoms with Crippen molar-refractivity contribution in [2.75, 3.05) is 20.2 Å². The molecule has 1 atom stereocenters. The summed E-state index contributed by atoms with van der Waals surface area (Å²) in [5, 5.41) is 5.92. The summed E-state index contributed by atoms with van der Waals surface area (Å²) in [7, 11) is 1.87. The number of hydrogen-bond acceptors (Lipinski definition) is 3. The topological polar surface area (TPSA) is 50.4 Å². The zero-order valence-corrected chi connectivity index (χ0v) is 13.7. The fourth-order valence-corrected chi connectivity index (χ4v) is 2.17. The van der Waals surface area contributed by atoms with Gasteiger partial charge in [0.15, 0.2) is 6.61 Å². The maximum Gasteiger partial charge on any atom is 0.257 e. The lowest BCUT2D eigenvalue weighted by Crippen LogP contribution is -2.39. The molecule has 0 aliphatic rings. The minimum atomic E-state index is -0.110. The number of likely N-dealkylation sites (N-methyl/N-ethyl adjacent to an activating group) is 1. The van der Waals surface area contributed by atoms with Gasteiger partial charge in [-0.25, -0.2) is 0 Å². The summed E-state index contributed by atoms with van der Waals surface area (Å²) >= 11 is 0. The van der Waals surface area contributed by atoms with Gasteiger partial charge in [0.25, 0.3) is 5.91 Å². The van der Waals surface area contributed by atoms with Crippen LogP contribution in [0.25, 0.3) is 0 Å². The molecule has 2 aromatic carbocycles. The number of carbonyl (C=O) groups excluding carboxylic acids is 1. The first-order valence-corrected chi connectivity index (χ1v) is 7.87. The molecule has 2 N–H and O–H groups in total. The molecule has 0 aliphatic heterocycles. The second kappa shape index (κ2) is 8.96. The highest BCUT2D eigenvalue weighted by molar-refractivity contribution is 5.77. The third-order valence-electron chi connectivity index (χ3n) is 3.67. The van der Waals surface area contributed by atoms with Crippen molar-refractivity contribution in [2.24, 2.45) is 0 Å². The van der Waals surface area contributed by atoms with Crippen LogP contribution in [0.5, 0.6) is 5.75 Å². The van der Waals surface area contributed by atoms with E-state index < -0.39 is 0 Å². The molecular formula is C19H24N2O2. The Labute approximate surface area is 137 Å². The summed E-state index contributed by atoms with van der Waals surface area (Å²) in [5.41, 5.74) is 2.30. The molecule has 2 aromatic rings. The highest BCUT2D eigenvalue weighted by Gasteiger charge is 2.08. The van der Waals surface area contributed by atoms with Gasteiger partial charge in [-0.1, -0.05) is 48.5 Å². The van der Waals surface area contributed by atoms with Crippen LogP contribution in [0.4, 0.5) is 0 Å². The van der Waals surface area contributed by atoms with E-state index in [4.69, 9.17) is 4.74 Å². The lowest BCUT2D eigenvalue weighted by atomic mass is 10.0. The van der Waals surface area contributed by atoms with Crippen molar-refractivity contribution < 1.29 is 9.53 Å². The molecule has 23 heavy (non-hydrogen) atoms. The summed E-state index contributed by atoms with van der Waals surface area (Å²) in [6, 6.07) is 18.3. The van der Waals surface area contributed by atoms with Crippen molar-refractivity contribution in [3.05, 3.63) is 65.7 Å². The summed E-state index contributed by atoms with van der Waals surface area (Å²) < 4.78 is 5.70. The second-order valence-corrected chi connectivity index (χ2v) is 5.55. The van der Waals surface area contributed by atoms with Gasteiger partial charge in [0.2, 0.25) is 0 Å². The van der Waals surface area contributed by atoms with Crippen LogP contribution >= 0.6 is 0 Å². The molecule has 0 bridgehead atoms. The number of nitrogens with one attached hydrogen (secondary N) is 2. The van der Waals surface area contributed by atoms with Crippen LogP contribution in [0.15, 0.2) is 54.6 Å². The average Bonchev–Trinajstić information content (AvgIpc) is 2.59. The second-order valence-electron chi connectivity index (χ2n) is 5.55. The van der Waals surface area contributed by atoms with Gasteiger partial charge < -0.3 is 15.4 Å². The molecule has 4 nitrogen and oxygen atoms in total. The Morgan fingerprint density at radius 1 is 1.09 bits per heavy atom. The standard InChI is InChI=1S/C19H24N2O2/c1-15(20-2)13-21-19(22)14-23-18-11-7-6-10-17(18)12-16-8-4-3-5-9-16/h3-11,15,20H,12-14H2,1-2H3,(H,21,22). The van der Waals surface area contributed by atoms with E-state index in [2.05, 4.69) is 22.8 Å². The third kappa shape index (κ3) is 5.75. The van der Waals surface area contributed by atoms with Gasteiger partial charge in [-0.15, -0.1) is 0 Å². The van der Waals surface area contributed by atoms with Crippen molar-refractivity contribution in [1.82, 2.24) is 10.6 Å².